The van der Waals surface area contributed by atoms with Crippen molar-refractivity contribution in [2.24, 2.45) is 0 Å². The van der Waals surface area contributed by atoms with E-state index in [-0.39, 0.29) is 16.3 Å². The normalized spacial score (nSPS) is 13.3. The van der Waals surface area contributed by atoms with Crippen LogP contribution in [0.1, 0.15) is 31.1 Å². The highest BCUT2D eigenvalue weighted by Gasteiger charge is 2.25. The Morgan fingerprint density at radius 3 is 2.33 bits per heavy atom. The van der Waals surface area contributed by atoms with E-state index >= 15 is 0 Å². The largest absolute Gasteiger partial charge is 0.346 e. The molecule has 0 bridgehead atoms. The number of rotatable bonds is 3. The van der Waals surface area contributed by atoms with Gasteiger partial charge in [0.25, 0.3) is 5.91 Å². The summed E-state index contributed by atoms with van der Waals surface area (Å²) in [5, 5.41) is 2.99. The van der Waals surface area contributed by atoms with Crippen molar-refractivity contribution in [3.63, 3.8) is 0 Å². The third-order valence-corrected chi connectivity index (χ3v) is 3.61. The summed E-state index contributed by atoms with van der Waals surface area (Å²) in [6, 6.07) is 9.24. The molecule has 0 saturated heterocycles. The van der Waals surface area contributed by atoms with Crippen LogP contribution < -0.4 is 5.32 Å². The van der Waals surface area contributed by atoms with Gasteiger partial charge < -0.3 is 5.32 Å². The zero-order chi connectivity index (χ0) is 11.5. The van der Waals surface area contributed by atoms with E-state index in [2.05, 4.69) is 21.2 Å². The number of alkyl halides is 1. The Bertz CT molecular complexity index is 333. The van der Waals surface area contributed by atoms with Gasteiger partial charge in [-0.25, -0.2) is 0 Å². The van der Waals surface area contributed by atoms with Crippen LogP contribution in [0.3, 0.4) is 0 Å². The molecule has 0 aromatic heterocycles. The zero-order valence-electron chi connectivity index (χ0n) is 9.25. The Kier molecular flexibility index (Phi) is 3.91. The molecule has 0 radical (unpaired) electrons. The maximum Gasteiger partial charge on any atom is 0.251 e. The Morgan fingerprint density at radius 2 is 1.87 bits per heavy atom. The van der Waals surface area contributed by atoms with Crippen molar-refractivity contribution < 1.29 is 4.79 Å². The molecular formula is C12H16BrNO. The van der Waals surface area contributed by atoms with E-state index in [0.29, 0.717) is 5.56 Å². The van der Waals surface area contributed by atoms with Crippen LogP contribution in [0.2, 0.25) is 0 Å². The fourth-order valence-corrected chi connectivity index (χ4v) is 1.17. The van der Waals surface area contributed by atoms with Crippen LogP contribution in [0.25, 0.3) is 0 Å². The van der Waals surface area contributed by atoms with Gasteiger partial charge >= 0.3 is 0 Å². The predicted octanol–water partition coefficient (Wildman–Crippen LogP) is 2.98. The van der Waals surface area contributed by atoms with Gasteiger partial charge in [0.05, 0.1) is 0 Å². The maximum absolute atomic E-state index is 11.8. The highest BCUT2D eigenvalue weighted by Crippen LogP contribution is 2.17. The predicted molar refractivity (Wildman–Crippen MR) is 66.4 cm³/mol. The average molecular weight is 270 g/mol. The van der Waals surface area contributed by atoms with Gasteiger partial charge in [-0.2, -0.15) is 0 Å². The lowest BCUT2D eigenvalue weighted by molar-refractivity contribution is 0.0914. The van der Waals surface area contributed by atoms with E-state index in [1.807, 2.05) is 51.1 Å². The van der Waals surface area contributed by atoms with Gasteiger partial charge in [0, 0.05) is 15.9 Å². The van der Waals surface area contributed by atoms with Crippen LogP contribution in [-0.4, -0.2) is 16.3 Å². The molecule has 0 fully saturated rings. The molecule has 0 heterocycles. The zero-order valence-corrected chi connectivity index (χ0v) is 10.8. The Hall–Kier alpha value is -0.830. The van der Waals surface area contributed by atoms with Crippen molar-refractivity contribution in [1.82, 2.24) is 5.32 Å². The first-order valence-corrected chi connectivity index (χ1v) is 5.86. The van der Waals surface area contributed by atoms with Crippen LogP contribution in [0.5, 0.6) is 0 Å². The van der Waals surface area contributed by atoms with Gasteiger partial charge in [0.1, 0.15) is 0 Å². The summed E-state index contributed by atoms with van der Waals surface area (Å²) in [7, 11) is 0. The van der Waals surface area contributed by atoms with E-state index < -0.39 is 0 Å². The minimum atomic E-state index is -0.257. The lowest BCUT2D eigenvalue weighted by Crippen LogP contribution is -2.48. The van der Waals surface area contributed by atoms with Crippen molar-refractivity contribution in [1.29, 1.82) is 0 Å². The highest BCUT2D eigenvalue weighted by molar-refractivity contribution is 9.09. The molecule has 0 aliphatic rings. The standard InChI is InChI=1S/C12H16BrNO/c1-9(13)12(2,3)14-11(15)10-7-5-4-6-8-10/h4-9H,1-3H3,(H,14,15). The molecule has 1 atom stereocenters. The van der Waals surface area contributed by atoms with E-state index in [4.69, 9.17) is 0 Å². The minimum Gasteiger partial charge on any atom is -0.346 e. The first-order valence-electron chi connectivity index (χ1n) is 4.95. The summed E-state index contributed by atoms with van der Waals surface area (Å²) in [6.45, 7) is 6.01. The molecular weight excluding hydrogens is 254 g/mol. The second-order valence-electron chi connectivity index (χ2n) is 4.16. The average Bonchev–Trinajstić information content (AvgIpc) is 2.18. The fraction of sp³-hybridized carbons (Fsp3) is 0.417. The Labute approximate surface area is 99.2 Å². The van der Waals surface area contributed by atoms with Crippen molar-refractivity contribution in [3.8, 4) is 0 Å². The molecule has 82 valence electrons. The molecule has 1 aromatic carbocycles. The van der Waals surface area contributed by atoms with E-state index in [1.54, 1.807) is 0 Å². The number of hydrogen-bond donors (Lipinski definition) is 1. The van der Waals surface area contributed by atoms with Gasteiger partial charge in [-0.05, 0) is 26.0 Å². The lowest BCUT2D eigenvalue weighted by atomic mass is 10.0. The molecule has 3 heteroatoms. The molecule has 1 N–H and O–H groups in total. The first-order chi connectivity index (χ1) is 6.93. The van der Waals surface area contributed by atoms with Crippen LogP contribution in [-0.2, 0) is 0 Å². The summed E-state index contributed by atoms with van der Waals surface area (Å²) in [5.74, 6) is -0.0353. The third-order valence-electron chi connectivity index (χ3n) is 2.47. The third kappa shape index (κ3) is 3.34. The quantitative estimate of drug-likeness (QED) is 0.840. The van der Waals surface area contributed by atoms with Gasteiger partial charge in [0.2, 0.25) is 0 Å². The van der Waals surface area contributed by atoms with Crippen molar-refractivity contribution in [3.05, 3.63) is 35.9 Å². The number of nitrogens with one attached hydrogen (secondary N) is 1. The summed E-state index contributed by atoms with van der Waals surface area (Å²) in [5.41, 5.74) is 0.436. The fourth-order valence-electron chi connectivity index (χ4n) is 1.05. The second-order valence-corrected chi connectivity index (χ2v) is 5.53. The molecule has 15 heavy (non-hydrogen) atoms. The molecule has 1 aromatic rings. The Balaban J connectivity index is 2.73. The molecule has 1 unspecified atom stereocenters. The van der Waals surface area contributed by atoms with Gasteiger partial charge in [-0.3, -0.25) is 4.79 Å². The van der Waals surface area contributed by atoms with Crippen LogP contribution in [0.15, 0.2) is 30.3 Å². The summed E-state index contributed by atoms with van der Waals surface area (Å²) in [6.07, 6.45) is 0. The molecule has 1 rings (SSSR count). The number of halogens is 1. The number of benzene rings is 1. The van der Waals surface area contributed by atoms with Gasteiger partial charge in [0.15, 0.2) is 0 Å². The molecule has 0 spiro atoms. The van der Waals surface area contributed by atoms with Gasteiger partial charge in [-0.15, -0.1) is 0 Å². The van der Waals surface area contributed by atoms with Crippen LogP contribution in [0, 0.1) is 0 Å². The molecule has 1 amide bonds. The topological polar surface area (TPSA) is 29.1 Å². The summed E-state index contributed by atoms with van der Waals surface area (Å²) >= 11 is 3.48. The summed E-state index contributed by atoms with van der Waals surface area (Å²) in [4.78, 5) is 12.1. The monoisotopic (exact) mass is 269 g/mol. The van der Waals surface area contributed by atoms with Crippen molar-refractivity contribution in [2.75, 3.05) is 0 Å². The maximum atomic E-state index is 11.8. The molecule has 0 aliphatic carbocycles. The van der Waals surface area contributed by atoms with E-state index in [0.717, 1.165) is 0 Å². The Morgan fingerprint density at radius 1 is 1.33 bits per heavy atom. The van der Waals surface area contributed by atoms with Crippen molar-refractivity contribution >= 4 is 21.8 Å². The van der Waals surface area contributed by atoms with Gasteiger partial charge in [-0.1, -0.05) is 41.1 Å². The lowest BCUT2D eigenvalue weighted by Gasteiger charge is -2.29. The number of carbonyl (C=O) groups is 1. The smallest absolute Gasteiger partial charge is 0.251 e. The van der Waals surface area contributed by atoms with E-state index in [9.17, 15) is 4.79 Å². The first kappa shape index (κ1) is 12.2. The number of carbonyl (C=O) groups excluding carboxylic acids is 1. The molecule has 0 saturated carbocycles. The number of hydrogen-bond acceptors (Lipinski definition) is 1. The molecule has 0 aliphatic heterocycles. The summed E-state index contributed by atoms with van der Waals surface area (Å²) < 4.78 is 0. The van der Waals surface area contributed by atoms with E-state index in [1.165, 1.54) is 0 Å². The number of amides is 1. The molecule has 2 nitrogen and oxygen atoms in total. The van der Waals surface area contributed by atoms with Crippen LogP contribution in [0.4, 0.5) is 0 Å². The van der Waals surface area contributed by atoms with Crippen molar-refractivity contribution in [2.45, 2.75) is 31.1 Å². The minimum absolute atomic E-state index is 0.0353. The SMILES string of the molecule is CC(Br)C(C)(C)NC(=O)c1ccccc1. The second kappa shape index (κ2) is 4.79. The van der Waals surface area contributed by atoms with Crippen LogP contribution >= 0.6 is 15.9 Å². The highest BCUT2D eigenvalue weighted by atomic mass is 79.9.